The van der Waals surface area contributed by atoms with Crippen molar-refractivity contribution < 1.29 is 14.7 Å². The van der Waals surface area contributed by atoms with Gasteiger partial charge in [-0.15, -0.1) is 0 Å². The summed E-state index contributed by atoms with van der Waals surface area (Å²) in [6.07, 6.45) is 2.00. The lowest BCUT2D eigenvalue weighted by molar-refractivity contribution is -0.149. The van der Waals surface area contributed by atoms with E-state index in [2.05, 4.69) is 0 Å². The van der Waals surface area contributed by atoms with Crippen LogP contribution in [0.1, 0.15) is 30.9 Å². The van der Waals surface area contributed by atoms with E-state index >= 15 is 0 Å². The molecule has 4 heteroatoms. The first kappa shape index (κ1) is 14.6. The Morgan fingerprint density at radius 1 is 1.35 bits per heavy atom. The zero-order valence-electron chi connectivity index (χ0n) is 12.0. The third-order valence-corrected chi connectivity index (χ3v) is 3.91. The number of rotatable bonds is 4. The molecule has 2 atom stereocenters. The van der Waals surface area contributed by atoms with Crippen molar-refractivity contribution in [1.82, 2.24) is 4.90 Å². The SMILES string of the molecule is Cc1ccc(CC(C)C(=O)N2CCC[C@H]2C(=O)O)cc1. The van der Waals surface area contributed by atoms with Gasteiger partial charge < -0.3 is 10.0 Å². The number of aryl methyl sites for hydroxylation is 1. The fourth-order valence-electron chi connectivity index (χ4n) is 2.74. The van der Waals surface area contributed by atoms with Crippen LogP contribution in [0.3, 0.4) is 0 Å². The lowest BCUT2D eigenvalue weighted by atomic mass is 9.98. The summed E-state index contributed by atoms with van der Waals surface area (Å²) in [5.74, 6) is -1.12. The van der Waals surface area contributed by atoms with E-state index in [0.717, 1.165) is 12.0 Å². The second kappa shape index (κ2) is 6.07. The normalized spacial score (nSPS) is 19.9. The van der Waals surface area contributed by atoms with Crippen molar-refractivity contribution in [3.05, 3.63) is 35.4 Å². The van der Waals surface area contributed by atoms with Gasteiger partial charge in [0.15, 0.2) is 0 Å². The van der Waals surface area contributed by atoms with Crippen molar-refractivity contribution in [3.63, 3.8) is 0 Å². The quantitative estimate of drug-likeness (QED) is 0.917. The average Bonchev–Trinajstić information content (AvgIpc) is 2.90. The van der Waals surface area contributed by atoms with Gasteiger partial charge in [0, 0.05) is 12.5 Å². The molecule has 1 saturated heterocycles. The number of hydrogen-bond donors (Lipinski definition) is 1. The molecule has 1 aliphatic rings. The molecule has 0 spiro atoms. The van der Waals surface area contributed by atoms with Gasteiger partial charge in [0.2, 0.25) is 5.91 Å². The number of amides is 1. The van der Waals surface area contributed by atoms with Crippen molar-refractivity contribution in [1.29, 1.82) is 0 Å². The second-order valence-electron chi connectivity index (χ2n) is 5.62. The molecule has 4 nitrogen and oxygen atoms in total. The standard InChI is InChI=1S/C16H21NO3/c1-11-5-7-13(8-6-11)10-12(2)15(18)17-9-3-4-14(17)16(19)20/h5-8,12,14H,3-4,9-10H2,1-2H3,(H,19,20)/t12?,14-/m0/s1. The number of aliphatic carboxylic acids is 1. The maximum absolute atomic E-state index is 12.4. The van der Waals surface area contributed by atoms with Gasteiger partial charge in [-0.05, 0) is 31.7 Å². The Morgan fingerprint density at radius 2 is 2.00 bits per heavy atom. The van der Waals surface area contributed by atoms with Crippen LogP contribution in [0.25, 0.3) is 0 Å². The lowest BCUT2D eigenvalue weighted by Crippen LogP contribution is -2.43. The van der Waals surface area contributed by atoms with Gasteiger partial charge in [0.05, 0.1) is 0 Å². The molecule has 0 saturated carbocycles. The Kier molecular flexibility index (Phi) is 4.42. The number of hydrogen-bond acceptors (Lipinski definition) is 2. The van der Waals surface area contributed by atoms with Crippen LogP contribution >= 0.6 is 0 Å². The van der Waals surface area contributed by atoms with E-state index in [4.69, 9.17) is 5.11 Å². The summed E-state index contributed by atoms with van der Waals surface area (Å²) in [6, 6.07) is 7.48. The molecule has 0 aromatic heterocycles. The molecule has 1 aromatic carbocycles. The molecular weight excluding hydrogens is 254 g/mol. The van der Waals surface area contributed by atoms with Crippen LogP contribution in [0, 0.1) is 12.8 Å². The van der Waals surface area contributed by atoms with Crippen LogP contribution in [0.15, 0.2) is 24.3 Å². The molecule has 1 amide bonds. The van der Waals surface area contributed by atoms with E-state index in [0.29, 0.717) is 19.4 Å². The van der Waals surface area contributed by atoms with Crippen molar-refractivity contribution in [2.24, 2.45) is 5.92 Å². The fraction of sp³-hybridized carbons (Fsp3) is 0.500. The summed E-state index contributed by atoms with van der Waals surface area (Å²) in [5, 5.41) is 9.14. The van der Waals surface area contributed by atoms with Crippen molar-refractivity contribution in [2.75, 3.05) is 6.54 Å². The van der Waals surface area contributed by atoms with Crippen molar-refractivity contribution in [3.8, 4) is 0 Å². The second-order valence-corrected chi connectivity index (χ2v) is 5.62. The Balaban J connectivity index is 2.01. The summed E-state index contributed by atoms with van der Waals surface area (Å²) >= 11 is 0. The minimum absolute atomic E-state index is 0.0459. The van der Waals surface area contributed by atoms with E-state index < -0.39 is 12.0 Å². The molecule has 0 radical (unpaired) electrons. The Bertz CT molecular complexity index is 495. The summed E-state index contributed by atoms with van der Waals surface area (Å²) < 4.78 is 0. The van der Waals surface area contributed by atoms with Gasteiger partial charge in [-0.3, -0.25) is 4.79 Å². The van der Waals surface area contributed by atoms with Crippen LogP contribution in [0.2, 0.25) is 0 Å². The largest absolute Gasteiger partial charge is 0.480 e. The van der Waals surface area contributed by atoms with Gasteiger partial charge in [-0.1, -0.05) is 36.8 Å². The highest BCUT2D eigenvalue weighted by molar-refractivity contribution is 5.85. The molecule has 1 aliphatic heterocycles. The molecular formula is C16H21NO3. The minimum atomic E-state index is -0.890. The number of carboxylic acids is 1. The fourth-order valence-corrected chi connectivity index (χ4v) is 2.74. The van der Waals surface area contributed by atoms with E-state index in [9.17, 15) is 9.59 Å². The maximum Gasteiger partial charge on any atom is 0.326 e. The molecule has 1 heterocycles. The molecule has 2 rings (SSSR count). The third-order valence-electron chi connectivity index (χ3n) is 3.91. The third kappa shape index (κ3) is 3.18. The topological polar surface area (TPSA) is 57.6 Å². The Morgan fingerprint density at radius 3 is 2.60 bits per heavy atom. The Hall–Kier alpha value is -1.84. The smallest absolute Gasteiger partial charge is 0.326 e. The number of likely N-dealkylation sites (tertiary alicyclic amines) is 1. The molecule has 0 aliphatic carbocycles. The zero-order valence-corrected chi connectivity index (χ0v) is 12.0. The number of benzene rings is 1. The van der Waals surface area contributed by atoms with Crippen molar-refractivity contribution >= 4 is 11.9 Å². The highest BCUT2D eigenvalue weighted by Crippen LogP contribution is 2.21. The van der Waals surface area contributed by atoms with E-state index in [1.165, 1.54) is 10.5 Å². The van der Waals surface area contributed by atoms with E-state index in [-0.39, 0.29) is 11.8 Å². The van der Waals surface area contributed by atoms with E-state index in [1.807, 2.05) is 38.1 Å². The zero-order chi connectivity index (χ0) is 14.7. The van der Waals surface area contributed by atoms with Crippen LogP contribution in [-0.2, 0) is 16.0 Å². The summed E-state index contributed by atoms with van der Waals surface area (Å²) in [7, 11) is 0. The minimum Gasteiger partial charge on any atom is -0.480 e. The monoisotopic (exact) mass is 275 g/mol. The molecule has 1 aromatic rings. The van der Waals surface area contributed by atoms with Crippen LogP contribution in [0.4, 0.5) is 0 Å². The first-order valence-electron chi connectivity index (χ1n) is 7.08. The predicted molar refractivity (Wildman–Crippen MR) is 76.4 cm³/mol. The molecule has 1 fully saturated rings. The number of carbonyl (C=O) groups excluding carboxylic acids is 1. The predicted octanol–water partition coefficient (Wildman–Crippen LogP) is 2.25. The highest BCUT2D eigenvalue weighted by Gasteiger charge is 2.35. The number of nitrogens with zero attached hydrogens (tertiary/aromatic N) is 1. The summed E-state index contributed by atoms with van der Waals surface area (Å²) in [5.41, 5.74) is 2.31. The van der Waals surface area contributed by atoms with Gasteiger partial charge in [0.1, 0.15) is 6.04 Å². The summed E-state index contributed by atoms with van der Waals surface area (Å²) in [6.45, 7) is 4.47. The molecule has 0 bridgehead atoms. The van der Waals surface area contributed by atoms with Crippen molar-refractivity contribution in [2.45, 2.75) is 39.2 Å². The highest BCUT2D eigenvalue weighted by atomic mass is 16.4. The Labute approximate surface area is 119 Å². The van der Waals surface area contributed by atoms with Gasteiger partial charge in [0.25, 0.3) is 0 Å². The molecule has 20 heavy (non-hydrogen) atoms. The van der Waals surface area contributed by atoms with Crippen LogP contribution in [0.5, 0.6) is 0 Å². The van der Waals surface area contributed by atoms with Gasteiger partial charge >= 0.3 is 5.97 Å². The summed E-state index contributed by atoms with van der Waals surface area (Å²) in [4.78, 5) is 25.1. The molecule has 1 unspecified atom stereocenters. The average molecular weight is 275 g/mol. The first-order valence-corrected chi connectivity index (χ1v) is 7.08. The molecule has 1 N–H and O–H groups in total. The van der Waals surface area contributed by atoms with Crippen LogP contribution in [-0.4, -0.2) is 34.5 Å². The maximum atomic E-state index is 12.4. The number of carboxylic acid groups (broad SMARTS) is 1. The van der Waals surface area contributed by atoms with Gasteiger partial charge in [-0.2, -0.15) is 0 Å². The van der Waals surface area contributed by atoms with E-state index in [1.54, 1.807) is 0 Å². The van der Waals surface area contributed by atoms with Crippen LogP contribution < -0.4 is 0 Å². The lowest BCUT2D eigenvalue weighted by Gasteiger charge is -2.25. The van der Waals surface area contributed by atoms with Gasteiger partial charge in [-0.25, -0.2) is 4.79 Å². The number of carbonyl (C=O) groups is 2. The molecule has 108 valence electrons. The first-order chi connectivity index (χ1) is 9.49.